The minimum absolute atomic E-state index is 0.660. The molecular formula is C35H23N3. The molecule has 3 heteroatoms. The molecule has 0 N–H and O–H groups in total. The molecule has 0 spiro atoms. The molecule has 0 unspecified atom stereocenters. The summed E-state index contributed by atoms with van der Waals surface area (Å²) in [6.07, 6.45) is 0. The van der Waals surface area contributed by atoms with E-state index in [0.29, 0.717) is 17.5 Å². The first kappa shape index (κ1) is 22.1. The van der Waals surface area contributed by atoms with E-state index in [-0.39, 0.29) is 0 Å². The van der Waals surface area contributed by atoms with Crippen LogP contribution in [0.4, 0.5) is 0 Å². The van der Waals surface area contributed by atoms with Gasteiger partial charge in [-0.25, -0.2) is 15.0 Å². The van der Waals surface area contributed by atoms with Gasteiger partial charge in [0, 0.05) is 16.7 Å². The standard InChI is InChI=1S/C35H23N3/c1-3-11-24(12-4-1)30-22-28-17-9-10-18-31(28)32(23-30)35-37-33(26-14-5-2-6-15-26)36-34(38-35)29-20-19-25-13-7-8-16-27(25)21-29/h1-23H. The van der Waals surface area contributed by atoms with Crippen LogP contribution in [0.5, 0.6) is 0 Å². The van der Waals surface area contributed by atoms with Gasteiger partial charge in [-0.05, 0) is 50.9 Å². The molecule has 3 nitrogen and oxygen atoms in total. The van der Waals surface area contributed by atoms with Crippen LogP contribution in [0.1, 0.15) is 0 Å². The third-order valence-electron chi connectivity index (χ3n) is 6.88. The molecule has 0 aliphatic heterocycles. The highest BCUT2D eigenvalue weighted by Gasteiger charge is 2.16. The Morgan fingerprint density at radius 1 is 0.316 bits per heavy atom. The second kappa shape index (κ2) is 9.38. The molecule has 7 rings (SSSR count). The Kier molecular flexibility index (Phi) is 5.45. The third kappa shape index (κ3) is 4.10. The van der Waals surface area contributed by atoms with Gasteiger partial charge in [-0.15, -0.1) is 0 Å². The van der Waals surface area contributed by atoms with Crippen LogP contribution in [0, 0.1) is 0 Å². The van der Waals surface area contributed by atoms with Gasteiger partial charge >= 0.3 is 0 Å². The highest BCUT2D eigenvalue weighted by molar-refractivity contribution is 5.99. The molecule has 1 heterocycles. The molecule has 7 aromatic rings. The van der Waals surface area contributed by atoms with Crippen molar-refractivity contribution in [2.75, 3.05) is 0 Å². The Hall–Kier alpha value is -5.15. The first-order valence-electron chi connectivity index (χ1n) is 12.7. The van der Waals surface area contributed by atoms with Gasteiger partial charge in [0.25, 0.3) is 0 Å². The minimum atomic E-state index is 0.660. The van der Waals surface area contributed by atoms with E-state index in [1.807, 2.05) is 36.4 Å². The number of fused-ring (bicyclic) bond motifs is 2. The first-order valence-corrected chi connectivity index (χ1v) is 12.7. The van der Waals surface area contributed by atoms with Gasteiger partial charge < -0.3 is 0 Å². The molecule has 178 valence electrons. The van der Waals surface area contributed by atoms with E-state index in [1.54, 1.807) is 0 Å². The van der Waals surface area contributed by atoms with Crippen LogP contribution < -0.4 is 0 Å². The van der Waals surface area contributed by atoms with Crippen molar-refractivity contribution in [2.45, 2.75) is 0 Å². The van der Waals surface area contributed by atoms with Crippen molar-refractivity contribution in [3.63, 3.8) is 0 Å². The van der Waals surface area contributed by atoms with Crippen LogP contribution in [0.3, 0.4) is 0 Å². The van der Waals surface area contributed by atoms with E-state index in [4.69, 9.17) is 15.0 Å². The maximum absolute atomic E-state index is 5.07. The van der Waals surface area contributed by atoms with E-state index in [0.717, 1.165) is 44.0 Å². The topological polar surface area (TPSA) is 38.7 Å². The number of rotatable bonds is 4. The zero-order valence-corrected chi connectivity index (χ0v) is 20.6. The molecule has 0 saturated carbocycles. The Balaban J connectivity index is 1.49. The van der Waals surface area contributed by atoms with Crippen LogP contribution in [0.2, 0.25) is 0 Å². The Morgan fingerprint density at radius 3 is 1.63 bits per heavy atom. The van der Waals surface area contributed by atoms with E-state index < -0.39 is 0 Å². The van der Waals surface area contributed by atoms with Crippen LogP contribution >= 0.6 is 0 Å². The summed E-state index contributed by atoms with van der Waals surface area (Å²) in [5.41, 5.74) is 5.21. The van der Waals surface area contributed by atoms with E-state index in [2.05, 4.69) is 103 Å². The summed E-state index contributed by atoms with van der Waals surface area (Å²) in [4.78, 5) is 15.0. The molecule has 38 heavy (non-hydrogen) atoms. The Bertz CT molecular complexity index is 1910. The lowest BCUT2D eigenvalue weighted by molar-refractivity contribution is 1.08. The zero-order valence-electron chi connectivity index (χ0n) is 20.6. The van der Waals surface area contributed by atoms with Crippen molar-refractivity contribution in [1.82, 2.24) is 15.0 Å². The summed E-state index contributed by atoms with van der Waals surface area (Å²) in [6.45, 7) is 0. The lowest BCUT2D eigenvalue weighted by Crippen LogP contribution is -2.01. The molecule has 0 fully saturated rings. The molecule has 0 saturated heterocycles. The molecule has 0 amide bonds. The van der Waals surface area contributed by atoms with Crippen molar-refractivity contribution in [3.8, 4) is 45.3 Å². The fourth-order valence-electron chi connectivity index (χ4n) is 4.96. The molecular weight excluding hydrogens is 462 g/mol. The Morgan fingerprint density at radius 2 is 0.868 bits per heavy atom. The average Bonchev–Trinajstić information content (AvgIpc) is 3.01. The second-order valence-corrected chi connectivity index (χ2v) is 9.35. The normalized spacial score (nSPS) is 11.2. The second-order valence-electron chi connectivity index (χ2n) is 9.35. The van der Waals surface area contributed by atoms with Gasteiger partial charge in [0.15, 0.2) is 17.5 Å². The number of hydrogen-bond donors (Lipinski definition) is 0. The first-order chi connectivity index (χ1) is 18.8. The van der Waals surface area contributed by atoms with Gasteiger partial charge in [0.1, 0.15) is 0 Å². The summed E-state index contributed by atoms with van der Waals surface area (Å²) in [5, 5.41) is 4.61. The van der Waals surface area contributed by atoms with Gasteiger partial charge in [-0.2, -0.15) is 0 Å². The monoisotopic (exact) mass is 485 g/mol. The number of hydrogen-bond acceptors (Lipinski definition) is 3. The Labute approximate surface area is 221 Å². The SMILES string of the molecule is c1ccc(-c2cc(-c3nc(-c4ccccc4)nc(-c4ccc5ccccc5c4)n3)c3ccccc3c2)cc1. The summed E-state index contributed by atoms with van der Waals surface area (Å²) in [7, 11) is 0. The van der Waals surface area contributed by atoms with Crippen molar-refractivity contribution in [2.24, 2.45) is 0 Å². The molecule has 0 aliphatic rings. The van der Waals surface area contributed by atoms with E-state index in [1.165, 1.54) is 5.39 Å². The maximum atomic E-state index is 5.07. The van der Waals surface area contributed by atoms with Crippen molar-refractivity contribution >= 4 is 21.5 Å². The molecule has 0 atom stereocenters. The fraction of sp³-hybridized carbons (Fsp3) is 0. The predicted octanol–water partition coefficient (Wildman–Crippen LogP) is 8.85. The van der Waals surface area contributed by atoms with Crippen molar-refractivity contribution < 1.29 is 0 Å². The van der Waals surface area contributed by atoms with Gasteiger partial charge in [-0.3, -0.25) is 0 Å². The van der Waals surface area contributed by atoms with Crippen molar-refractivity contribution in [1.29, 1.82) is 0 Å². The largest absolute Gasteiger partial charge is 0.208 e. The van der Waals surface area contributed by atoms with Gasteiger partial charge in [0.2, 0.25) is 0 Å². The quantitative estimate of drug-likeness (QED) is 0.250. The molecule has 0 bridgehead atoms. The smallest absolute Gasteiger partial charge is 0.164 e. The summed E-state index contributed by atoms with van der Waals surface area (Å²) >= 11 is 0. The number of benzene rings is 6. The van der Waals surface area contributed by atoms with Gasteiger partial charge in [0.05, 0.1) is 0 Å². The number of nitrogens with zero attached hydrogens (tertiary/aromatic N) is 3. The summed E-state index contributed by atoms with van der Waals surface area (Å²) in [6, 6.07) is 48.2. The molecule has 0 radical (unpaired) electrons. The zero-order chi connectivity index (χ0) is 25.3. The molecule has 0 aliphatic carbocycles. The van der Waals surface area contributed by atoms with Crippen LogP contribution in [0.15, 0.2) is 140 Å². The van der Waals surface area contributed by atoms with E-state index >= 15 is 0 Å². The van der Waals surface area contributed by atoms with Crippen LogP contribution in [0.25, 0.3) is 66.8 Å². The predicted molar refractivity (Wildman–Crippen MR) is 157 cm³/mol. The fourth-order valence-corrected chi connectivity index (χ4v) is 4.96. The third-order valence-corrected chi connectivity index (χ3v) is 6.88. The highest BCUT2D eigenvalue weighted by atomic mass is 15.0. The average molecular weight is 486 g/mol. The number of aromatic nitrogens is 3. The maximum Gasteiger partial charge on any atom is 0.164 e. The summed E-state index contributed by atoms with van der Waals surface area (Å²) < 4.78 is 0. The van der Waals surface area contributed by atoms with Crippen LogP contribution in [-0.2, 0) is 0 Å². The lowest BCUT2D eigenvalue weighted by Gasteiger charge is -2.13. The van der Waals surface area contributed by atoms with Gasteiger partial charge in [-0.1, -0.05) is 121 Å². The minimum Gasteiger partial charge on any atom is -0.208 e. The molecule has 1 aromatic heterocycles. The van der Waals surface area contributed by atoms with E-state index in [9.17, 15) is 0 Å². The lowest BCUT2D eigenvalue weighted by atomic mass is 9.96. The van der Waals surface area contributed by atoms with Crippen LogP contribution in [-0.4, -0.2) is 15.0 Å². The molecule has 6 aromatic carbocycles. The van der Waals surface area contributed by atoms with Crippen molar-refractivity contribution in [3.05, 3.63) is 140 Å². The summed E-state index contributed by atoms with van der Waals surface area (Å²) in [5.74, 6) is 1.98. The highest BCUT2D eigenvalue weighted by Crippen LogP contribution is 2.34.